The summed E-state index contributed by atoms with van der Waals surface area (Å²) in [5.74, 6) is 0. The highest BCUT2D eigenvalue weighted by Gasteiger charge is 2.60. The summed E-state index contributed by atoms with van der Waals surface area (Å²) in [5, 5.41) is 0. The molecule has 1 fully saturated rings. The molecule has 0 radical (unpaired) electrons. The van der Waals surface area contributed by atoms with Gasteiger partial charge in [0.2, 0.25) is 0 Å². The second kappa shape index (κ2) is 3.74. The molecule has 0 aromatic heterocycles. The first kappa shape index (κ1) is 12.0. The van der Waals surface area contributed by atoms with Crippen LogP contribution in [0.5, 0.6) is 0 Å². The summed E-state index contributed by atoms with van der Waals surface area (Å²) >= 11 is 0. The zero-order valence-corrected chi connectivity index (χ0v) is 11.8. The standard InChI is InChI=1S/C16H24N2/c1-4-18-8-7-12-9-13(5-6-14(12)18)16(11-17)10-15(16,2)3/h5-6,9H,4,7-8,10-11,17H2,1-3H3. The molecular formula is C16H24N2. The Hall–Kier alpha value is -1.02. The second-order valence-corrected chi connectivity index (χ2v) is 6.52. The number of nitrogens with zero attached hydrogens (tertiary/aromatic N) is 1. The second-order valence-electron chi connectivity index (χ2n) is 6.52. The first-order valence-corrected chi connectivity index (χ1v) is 7.12. The van der Waals surface area contributed by atoms with Crippen molar-refractivity contribution in [1.82, 2.24) is 0 Å². The Bertz CT molecular complexity index is 478. The first-order valence-electron chi connectivity index (χ1n) is 7.12. The average molecular weight is 244 g/mol. The van der Waals surface area contributed by atoms with Crippen LogP contribution >= 0.6 is 0 Å². The molecule has 0 saturated heterocycles. The highest BCUT2D eigenvalue weighted by molar-refractivity contribution is 5.60. The van der Waals surface area contributed by atoms with E-state index < -0.39 is 0 Å². The summed E-state index contributed by atoms with van der Waals surface area (Å²) in [6.07, 6.45) is 2.42. The Morgan fingerprint density at radius 2 is 2.06 bits per heavy atom. The minimum Gasteiger partial charge on any atom is -0.371 e. The van der Waals surface area contributed by atoms with Crippen LogP contribution in [-0.2, 0) is 11.8 Å². The van der Waals surface area contributed by atoms with Gasteiger partial charge in [-0.05, 0) is 42.4 Å². The smallest absolute Gasteiger partial charge is 0.0399 e. The van der Waals surface area contributed by atoms with Crippen LogP contribution in [0.25, 0.3) is 0 Å². The molecule has 0 amide bonds. The fraction of sp³-hybridized carbons (Fsp3) is 0.625. The predicted octanol–water partition coefficient (Wildman–Crippen LogP) is 2.70. The quantitative estimate of drug-likeness (QED) is 0.886. The van der Waals surface area contributed by atoms with Crippen molar-refractivity contribution in [2.24, 2.45) is 11.1 Å². The van der Waals surface area contributed by atoms with Crippen LogP contribution in [0.4, 0.5) is 5.69 Å². The fourth-order valence-electron chi connectivity index (χ4n) is 3.77. The Morgan fingerprint density at radius 1 is 1.33 bits per heavy atom. The Balaban J connectivity index is 1.98. The maximum absolute atomic E-state index is 6.06. The lowest BCUT2D eigenvalue weighted by Crippen LogP contribution is -2.25. The van der Waals surface area contributed by atoms with Gasteiger partial charge in [-0.1, -0.05) is 26.0 Å². The maximum atomic E-state index is 6.06. The van der Waals surface area contributed by atoms with E-state index in [1.807, 2.05) is 0 Å². The van der Waals surface area contributed by atoms with Gasteiger partial charge in [0.1, 0.15) is 0 Å². The van der Waals surface area contributed by atoms with Gasteiger partial charge in [-0.25, -0.2) is 0 Å². The van der Waals surface area contributed by atoms with Crippen LogP contribution in [0.2, 0.25) is 0 Å². The minimum atomic E-state index is 0.238. The van der Waals surface area contributed by atoms with Crippen LogP contribution in [0.15, 0.2) is 18.2 Å². The zero-order valence-electron chi connectivity index (χ0n) is 11.8. The van der Waals surface area contributed by atoms with Crippen molar-refractivity contribution in [3.8, 4) is 0 Å². The predicted molar refractivity (Wildman–Crippen MR) is 77.2 cm³/mol. The van der Waals surface area contributed by atoms with Gasteiger partial charge < -0.3 is 10.6 Å². The topological polar surface area (TPSA) is 29.3 Å². The van der Waals surface area contributed by atoms with E-state index in [2.05, 4.69) is 43.9 Å². The third kappa shape index (κ3) is 1.45. The molecule has 1 atom stereocenters. The Labute approximate surface area is 110 Å². The molecule has 98 valence electrons. The molecule has 2 N–H and O–H groups in total. The molecule has 1 aromatic carbocycles. The zero-order chi connectivity index (χ0) is 13.0. The number of hydrogen-bond acceptors (Lipinski definition) is 2. The lowest BCUT2D eigenvalue weighted by molar-refractivity contribution is 0.503. The highest BCUT2D eigenvalue weighted by atomic mass is 15.1. The molecule has 1 aromatic rings. The summed E-state index contributed by atoms with van der Waals surface area (Å²) in [6, 6.07) is 7.05. The molecule has 3 rings (SSSR count). The van der Waals surface area contributed by atoms with E-state index in [1.54, 1.807) is 0 Å². The summed E-state index contributed by atoms with van der Waals surface area (Å²) in [7, 11) is 0. The van der Waals surface area contributed by atoms with E-state index in [0.717, 1.165) is 13.1 Å². The third-order valence-electron chi connectivity index (χ3n) is 5.27. The average Bonchev–Trinajstić information content (AvgIpc) is 2.75. The lowest BCUT2D eigenvalue weighted by atomic mass is 9.87. The summed E-state index contributed by atoms with van der Waals surface area (Å²) in [4.78, 5) is 2.46. The van der Waals surface area contributed by atoms with Gasteiger partial charge in [0.05, 0.1) is 0 Å². The molecule has 2 nitrogen and oxygen atoms in total. The molecule has 0 bridgehead atoms. The lowest BCUT2D eigenvalue weighted by Gasteiger charge is -2.21. The van der Waals surface area contributed by atoms with E-state index in [-0.39, 0.29) is 5.41 Å². The molecule has 1 unspecified atom stereocenters. The van der Waals surface area contributed by atoms with Crippen LogP contribution in [0, 0.1) is 5.41 Å². The van der Waals surface area contributed by atoms with Crippen molar-refractivity contribution in [2.75, 3.05) is 24.5 Å². The SMILES string of the molecule is CCN1CCc2cc(C3(CN)CC3(C)C)ccc21. The van der Waals surface area contributed by atoms with Crippen LogP contribution in [0.1, 0.15) is 38.3 Å². The third-order valence-corrected chi connectivity index (χ3v) is 5.27. The molecule has 1 saturated carbocycles. The number of hydrogen-bond donors (Lipinski definition) is 1. The molecule has 1 aliphatic heterocycles. The first-order chi connectivity index (χ1) is 8.54. The molecule has 1 aliphatic carbocycles. The molecule has 1 heterocycles. The van der Waals surface area contributed by atoms with Gasteiger partial charge in [-0.3, -0.25) is 0 Å². The van der Waals surface area contributed by atoms with Crippen molar-refractivity contribution in [3.63, 3.8) is 0 Å². The number of benzene rings is 1. The van der Waals surface area contributed by atoms with Crippen LogP contribution in [-0.4, -0.2) is 19.6 Å². The number of nitrogens with two attached hydrogens (primary N) is 1. The maximum Gasteiger partial charge on any atom is 0.0399 e. The van der Waals surface area contributed by atoms with E-state index in [9.17, 15) is 0 Å². The van der Waals surface area contributed by atoms with E-state index in [0.29, 0.717) is 5.41 Å². The van der Waals surface area contributed by atoms with Crippen molar-refractivity contribution in [3.05, 3.63) is 29.3 Å². The van der Waals surface area contributed by atoms with Crippen molar-refractivity contribution >= 4 is 5.69 Å². The van der Waals surface area contributed by atoms with E-state index >= 15 is 0 Å². The molecule has 18 heavy (non-hydrogen) atoms. The van der Waals surface area contributed by atoms with E-state index in [4.69, 9.17) is 5.73 Å². The van der Waals surface area contributed by atoms with Gasteiger partial charge in [-0.2, -0.15) is 0 Å². The fourth-order valence-corrected chi connectivity index (χ4v) is 3.77. The molecular weight excluding hydrogens is 220 g/mol. The van der Waals surface area contributed by atoms with Crippen molar-refractivity contribution in [2.45, 2.75) is 39.0 Å². The van der Waals surface area contributed by atoms with Gasteiger partial charge in [0, 0.05) is 30.7 Å². The van der Waals surface area contributed by atoms with Gasteiger partial charge >= 0.3 is 0 Å². The molecule has 2 aliphatic rings. The van der Waals surface area contributed by atoms with Crippen molar-refractivity contribution in [1.29, 1.82) is 0 Å². The summed E-state index contributed by atoms with van der Waals surface area (Å²) in [5.41, 5.74) is 11.1. The summed E-state index contributed by atoms with van der Waals surface area (Å²) in [6.45, 7) is 9.97. The number of rotatable bonds is 3. The van der Waals surface area contributed by atoms with Crippen LogP contribution < -0.4 is 10.6 Å². The van der Waals surface area contributed by atoms with Gasteiger partial charge in [-0.15, -0.1) is 0 Å². The van der Waals surface area contributed by atoms with Crippen LogP contribution in [0.3, 0.4) is 0 Å². The number of likely N-dealkylation sites (N-methyl/N-ethyl adjacent to an activating group) is 1. The number of fused-ring (bicyclic) bond motifs is 1. The normalized spacial score (nSPS) is 28.3. The molecule has 2 heteroatoms. The highest BCUT2D eigenvalue weighted by Crippen LogP contribution is 2.63. The largest absolute Gasteiger partial charge is 0.371 e. The Morgan fingerprint density at radius 3 is 2.61 bits per heavy atom. The Kier molecular flexibility index (Phi) is 2.50. The minimum absolute atomic E-state index is 0.238. The summed E-state index contributed by atoms with van der Waals surface area (Å²) < 4.78 is 0. The van der Waals surface area contributed by atoms with Gasteiger partial charge in [0.25, 0.3) is 0 Å². The number of anilines is 1. The van der Waals surface area contributed by atoms with E-state index in [1.165, 1.54) is 36.2 Å². The van der Waals surface area contributed by atoms with Gasteiger partial charge in [0.15, 0.2) is 0 Å². The van der Waals surface area contributed by atoms with Crippen molar-refractivity contribution < 1.29 is 0 Å². The monoisotopic (exact) mass is 244 g/mol. The molecule has 0 spiro atoms.